The number of aryl methyl sites for hydroxylation is 2. The van der Waals surface area contributed by atoms with E-state index in [2.05, 4.69) is 20.5 Å². The fraction of sp³-hybridized carbons (Fsp3) is 0.444. The lowest BCUT2D eigenvalue weighted by Crippen LogP contribution is -2.08. The van der Waals surface area contributed by atoms with Crippen LogP contribution in [0, 0.1) is 0 Å². The van der Waals surface area contributed by atoms with E-state index in [9.17, 15) is 0 Å². The third kappa shape index (κ3) is 2.15. The van der Waals surface area contributed by atoms with Crippen molar-refractivity contribution in [3.05, 3.63) is 24.5 Å². The highest BCUT2D eigenvalue weighted by molar-refractivity contribution is 5.37. The average molecular weight is 206 g/mol. The molecule has 0 aliphatic heterocycles. The van der Waals surface area contributed by atoms with Crippen molar-refractivity contribution in [2.45, 2.75) is 20.0 Å². The molecule has 0 radical (unpaired) electrons. The van der Waals surface area contributed by atoms with Gasteiger partial charge in [-0.2, -0.15) is 10.2 Å². The number of hydrogen-bond donors (Lipinski definition) is 1. The maximum Gasteiger partial charge on any atom is 0.146 e. The summed E-state index contributed by atoms with van der Waals surface area (Å²) in [6.07, 6.45) is 5.28. The quantitative estimate of drug-likeness (QED) is 0.797. The standard InChI is InChI=1S/C9H14N6/c1-3-15-9(11-7-13-15)5-10-8-4-12-14(2)6-8/h4,6-7,10H,3,5H2,1-2H3. The van der Waals surface area contributed by atoms with Gasteiger partial charge in [-0.25, -0.2) is 9.67 Å². The zero-order valence-corrected chi connectivity index (χ0v) is 8.88. The topological polar surface area (TPSA) is 60.6 Å². The molecule has 0 aliphatic rings. The highest BCUT2D eigenvalue weighted by atomic mass is 15.3. The number of nitrogens with zero attached hydrogens (tertiary/aromatic N) is 5. The van der Waals surface area contributed by atoms with Crippen molar-refractivity contribution in [1.82, 2.24) is 24.5 Å². The van der Waals surface area contributed by atoms with Crippen molar-refractivity contribution in [2.24, 2.45) is 7.05 Å². The molecule has 6 heteroatoms. The minimum atomic E-state index is 0.666. The lowest BCUT2D eigenvalue weighted by atomic mass is 10.5. The molecule has 0 aromatic carbocycles. The molecule has 2 heterocycles. The molecule has 2 aromatic rings. The molecule has 0 spiro atoms. The van der Waals surface area contributed by atoms with Gasteiger partial charge in [0.05, 0.1) is 18.4 Å². The van der Waals surface area contributed by atoms with Crippen LogP contribution in [0.4, 0.5) is 5.69 Å². The van der Waals surface area contributed by atoms with Crippen molar-refractivity contribution in [2.75, 3.05) is 5.32 Å². The average Bonchev–Trinajstić information content (AvgIpc) is 2.83. The van der Waals surface area contributed by atoms with Crippen LogP contribution in [-0.2, 0) is 20.1 Å². The molecule has 0 saturated carbocycles. The molecule has 80 valence electrons. The van der Waals surface area contributed by atoms with Crippen LogP contribution in [0.15, 0.2) is 18.7 Å². The molecule has 1 N–H and O–H groups in total. The highest BCUT2D eigenvalue weighted by Crippen LogP contribution is 2.05. The Hall–Kier alpha value is -1.85. The number of anilines is 1. The van der Waals surface area contributed by atoms with Gasteiger partial charge in [0.1, 0.15) is 12.2 Å². The first-order valence-electron chi connectivity index (χ1n) is 4.89. The summed E-state index contributed by atoms with van der Waals surface area (Å²) >= 11 is 0. The van der Waals surface area contributed by atoms with Gasteiger partial charge in [0.15, 0.2) is 0 Å². The van der Waals surface area contributed by atoms with Crippen LogP contribution < -0.4 is 5.32 Å². The Morgan fingerprint density at radius 1 is 1.40 bits per heavy atom. The van der Waals surface area contributed by atoms with E-state index >= 15 is 0 Å². The van der Waals surface area contributed by atoms with E-state index in [1.807, 2.05) is 24.9 Å². The molecule has 0 fully saturated rings. The third-order valence-electron chi connectivity index (χ3n) is 2.15. The van der Waals surface area contributed by atoms with Gasteiger partial charge in [0, 0.05) is 19.8 Å². The molecule has 0 saturated heterocycles. The molecule has 0 amide bonds. The first kappa shape index (κ1) is 9.70. The van der Waals surface area contributed by atoms with Gasteiger partial charge >= 0.3 is 0 Å². The van der Waals surface area contributed by atoms with Gasteiger partial charge in [-0.1, -0.05) is 0 Å². The van der Waals surface area contributed by atoms with E-state index in [-0.39, 0.29) is 0 Å². The number of nitrogens with one attached hydrogen (secondary N) is 1. The molecule has 0 bridgehead atoms. The van der Waals surface area contributed by atoms with E-state index in [0.717, 1.165) is 18.1 Å². The fourth-order valence-corrected chi connectivity index (χ4v) is 1.38. The van der Waals surface area contributed by atoms with Crippen LogP contribution in [0.25, 0.3) is 0 Å². The first-order chi connectivity index (χ1) is 7.29. The van der Waals surface area contributed by atoms with Crippen molar-refractivity contribution in [1.29, 1.82) is 0 Å². The lowest BCUT2D eigenvalue weighted by molar-refractivity contribution is 0.622. The number of hydrogen-bond acceptors (Lipinski definition) is 4. The SMILES string of the molecule is CCn1ncnc1CNc1cnn(C)c1. The second-order valence-corrected chi connectivity index (χ2v) is 3.25. The summed E-state index contributed by atoms with van der Waals surface area (Å²) < 4.78 is 3.62. The van der Waals surface area contributed by atoms with Crippen LogP contribution >= 0.6 is 0 Å². The Kier molecular flexibility index (Phi) is 2.66. The van der Waals surface area contributed by atoms with E-state index in [4.69, 9.17) is 0 Å². The summed E-state index contributed by atoms with van der Waals surface area (Å²) in [6.45, 7) is 3.55. The second-order valence-electron chi connectivity index (χ2n) is 3.25. The predicted molar refractivity (Wildman–Crippen MR) is 56.2 cm³/mol. The molecule has 15 heavy (non-hydrogen) atoms. The number of aromatic nitrogens is 5. The molecule has 0 aliphatic carbocycles. The molecule has 2 rings (SSSR count). The third-order valence-corrected chi connectivity index (χ3v) is 2.15. The fourth-order valence-electron chi connectivity index (χ4n) is 1.38. The summed E-state index contributed by atoms with van der Waals surface area (Å²) in [5.41, 5.74) is 0.989. The van der Waals surface area contributed by atoms with E-state index in [0.29, 0.717) is 6.54 Å². The lowest BCUT2D eigenvalue weighted by Gasteiger charge is -2.03. The minimum absolute atomic E-state index is 0.666. The van der Waals surface area contributed by atoms with Crippen molar-refractivity contribution in [3.63, 3.8) is 0 Å². The van der Waals surface area contributed by atoms with E-state index in [1.54, 1.807) is 17.2 Å². The van der Waals surface area contributed by atoms with Gasteiger partial charge in [-0.15, -0.1) is 0 Å². The molecule has 6 nitrogen and oxygen atoms in total. The summed E-state index contributed by atoms with van der Waals surface area (Å²) in [7, 11) is 1.89. The smallest absolute Gasteiger partial charge is 0.146 e. The zero-order valence-electron chi connectivity index (χ0n) is 8.88. The van der Waals surface area contributed by atoms with Gasteiger partial charge in [0.2, 0.25) is 0 Å². The molecule has 0 unspecified atom stereocenters. The molecular formula is C9H14N6. The Balaban J connectivity index is 1.98. The first-order valence-corrected chi connectivity index (χ1v) is 4.89. The van der Waals surface area contributed by atoms with Crippen LogP contribution in [0.2, 0.25) is 0 Å². The largest absolute Gasteiger partial charge is 0.375 e. The Morgan fingerprint density at radius 2 is 2.27 bits per heavy atom. The highest BCUT2D eigenvalue weighted by Gasteiger charge is 2.02. The predicted octanol–water partition coefficient (Wildman–Crippen LogP) is 0.644. The van der Waals surface area contributed by atoms with E-state index in [1.165, 1.54) is 0 Å². The summed E-state index contributed by atoms with van der Waals surface area (Å²) in [5.74, 6) is 0.932. The van der Waals surface area contributed by atoms with Gasteiger partial charge in [0.25, 0.3) is 0 Å². The Morgan fingerprint density at radius 3 is 2.93 bits per heavy atom. The maximum absolute atomic E-state index is 4.17. The van der Waals surface area contributed by atoms with Crippen molar-refractivity contribution >= 4 is 5.69 Å². The van der Waals surface area contributed by atoms with Crippen LogP contribution in [0.3, 0.4) is 0 Å². The Bertz CT molecular complexity index is 429. The number of rotatable bonds is 4. The summed E-state index contributed by atoms with van der Waals surface area (Å²) in [6, 6.07) is 0. The van der Waals surface area contributed by atoms with Crippen LogP contribution in [0.1, 0.15) is 12.7 Å². The van der Waals surface area contributed by atoms with Gasteiger partial charge < -0.3 is 5.32 Å². The normalized spacial score (nSPS) is 10.5. The monoisotopic (exact) mass is 206 g/mol. The second kappa shape index (κ2) is 4.12. The zero-order chi connectivity index (χ0) is 10.7. The van der Waals surface area contributed by atoms with Crippen LogP contribution in [0.5, 0.6) is 0 Å². The molecule has 2 aromatic heterocycles. The van der Waals surface area contributed by atoms with Crippen LogP contribution in [-0.4, -0.2) is 24.5 Å². The summed E-state index contributed by atoms with van der Waals surface area (Å²) in [5, 5.41) is 11.4. The van der Waals surface area contributed by atoms with Gasteiger partial charge in [-0.05, 0) is 6.92 Å². The molecular weight excluding hydrogens is 192 g/mol. The molecule has 0 atom stereocenters. The minimum Gasteiger partial charge on any atom is -0.375 e. The summed E-state index contributed by atoms with van der Waals surface area (Å²) in [4.78, 5) is 4.17. The van der Waals surface area contributed by atoms with Crippen molar-refractivity contribution in [3.8, 4) is 0 Å². The maximum atomic E-state index is 4.17. The van der Waals surface area contributed by atoms with E-state index < -0.39 is 0 Å². The Labute approximate surface area is 87.9 Å². The van der Waals surface area contributed by atoms with Crippen molar-refractivity contribution < 1.29 is 0 Å². The van der Waals surface area contributed by atoms with Gasteiger partial charge in [-0.3, -0.25) is 4.68 Å².